The molecule has 0 saturated heterocycles. The Morgan fingerprint density at radius 3 is 3.12 bits per heavy atom. The molecule has 0 bridgehead atoms. The molecular weight excluding hydrogens is 338 g/mol. The molecular formula is C18H17N3OS2. The minimum atomic E-state index is 0.129. The molecule has 0 unspecified atom stereocenters. The Labute approximate surface area is 149 Å². The number of nitrogens with one attached hydrogen (secondary N) is 1. The fraction of sp³-hybridized carbons (Fsp3) is 0.222. The Morgan fingerprint density at radius 1 is 1.33 bits per heavy atom. The molecule has 1 N–H and O–H groups in total. The molecule has 3 aromatic rings. The van der Waals surface area contributed by atoms with Crippen molar-refractivity contribution in [3.63, 3.8) is 0 Å². The van der Waals surface area contributed by atoms with Gasteiger partial charge in [-0.1, -0.05) is 30.0 Å². The number of aromatic nitrogens is 2. The van der Waals surface area contributed by atoms with Crippen molar-refractivity contribution in [2.45, 2.75) is 17.0 Å². The summed E-state index contributed by atoms with van der Waals surface area (Å²) < 4.78 is 0. The van der Waals surface area contributed by atoms with E-state index in [1.807, 2.05) is 47.0 Å². The lowest BCUT2D eigenvalue weighted by molar-refractivity contribution is -0.116. The Hall–Kier alpha value is -1.92. The van der Waals surface area contributed by atoms with E-state index in [9.17, 15) is 4.79 Å². The van der Waals surface area contributed by atoms with Gasteiger partial charge in [-0.05, 0) is 36.8 Å². The van der Waals surface area contributed by atoms with Gasteiger partial charge in [0, 0.05) is 17.2 Å². The molecule has 1 aromatic heterocycles. The van der Waals surface area contributed by atoms with E-state index in [1.165, 1.54) is 22.2 Å². The van der Waals surface area contributed by atoms with Gasteiger partial charge in [-0.3, -0.25) is 4.79 Å². The van der Waals surface area contributed by atoms with Crippen LogP contribution in [0.2, 0.25) is 0 Å². The first kappa shape index (κ1) is 15.6. The zero-order chi connectivity index (χ0) is 16.5. The highest BCUT2D eigenvalue weighted by atomic mass is 32.2. The van der Waals surface area contributed by atoms with Crippen LogP contribution in [0.3, 0.4) is 0 Å². The molecule has 0 aliphatic carbocycles. The monoisotopic (exact) mass is 355 g/mol. The third-order valence-corrected chi connectivity index (χ3v) is 5.88. The van der Waals surface area contributed by atoms with Crippen molar-refractivity contribution >= 4 is 46.2 Å². The second-order valence-electron chi connectivity index (χ2n) is 5.71. The first-order valence-electron chi connectivity index (χ1n) is 7.82. The number of benzene rings is 2. The minimum absolute atomic E-state index is 0.129. The molecule has 2 aromatic carbocycles. The van der Waals surface area contributed by atoms with E-state index in [1.54, 1.807) is 0 Å². The summed E-state index contributed by atoms with van der Waals surface area (Å²) in [6.07, 6.45) is 0. The van der Waals surface area contributed by atoms with Crippen LogP contribution in [0.4, 0.5) is 5.69 Å². The molecule has 0 atom stereocenters. The first-order chi connectivity index (χ1) is 11.7. The number of hydrogen-bond acceptors (Lipinski definition) is 4. The van der Waals surface area contributed by atoms with E-state index in [4.69, 9.17) is 0 Å². The molecule has 0 radical (unpaired) electrons. The number of thioether (sulfide) groups is 2. The third kappa shape index (κ3) is 3.03. The molecule has 0 saturated carbocycles. The number of rotatable bonds is 3. The zero-order valence-corrected chi connectivity index (χ0v) is 14.9. The van der Waals surface area contributed by atoms with Crippen LogP contribution in [0.25, 0.3) is 11.0 Å². The van der Waals surface area contributed by atoms with Crippen LogP contribution < -0.4 is 4.90 Å². The minimum Gasteiger partial charge on any atom is -0.333 e. The smallest absolute Gasteiger partial charge is 0.237 e. The number of anilines is 1. The van der Waals surface area contributed by atoms with Crippen LogP contribution in [0.15, 0.2) is 52.5 Å². The molecule has 6 heteroatoms. The van der Waals surface area contributed by atoms with Crippen molar-refractivity contribution in [1.82, 2.24) is 9.97 Å². The van der Waals surface area contributed by atoms with Gasteiger partial charge in [0.05, 0.1) is 22.5 Å². The van der Waals surface area contributed by atoms with Crippen LogP contribution >= 0.6 is 23.5 Å². The van der Waals surface area contributed by atoms with Crippen molar-refractivity contribution in [2.24, 2.45) is 0 Å². The van der Waals surface area contributed by atoms with Gasteiger partial charge in [-0.25, -0.2) is 4.98 Å². The SMILES string of the molecule is Cc1ccc2nc(SCC(=O)N3CCSc4ccccc43)[nH]c2c1. The number of aryl methyl sites for hydroxylation is 1. The summed E-state index contributed by atoms with van der Waals surface area (Å²) in [5.74, 6) is 1.46. The van der Waals surface area contributed by atoms with Crippen molar-refractivity contribution in [1.29, 1.82) is 0 Å². The Bertz CT molecular complexity index is 906. The van der Waals surface area contributed by atoms with Crippen LogP contribution in [0.5, 0.6) is 0 Å². The molecule has 0 spiro atoms. The van der Waals surface area contributed by atoms with E-state index >= 15 is 0 Å². The summed E-state index contributed by atoms with van der Waals surface area (Å²) in [6, 6.07) is 14.2. The fourth-order valence-corrected chi connectivity index (χ4v) is 4.56. The first-order valence-corrected chi connectivity index (χ1v) is 9.79. The van der Waals surface area contributed by atoms with Gasteiger partial charge in [0.25, 0.3) is 0 Å². The molecule has 0 fully saturated rings. The van der Waals surface area contributed by atoms with Gasteiger partial charge in [0.1, 0.15) is 0 Å². The number of imidazole rings is 1. The largest absolute Gasteiger partial charge is 0.333 e. The number of nitrogens with zero attached hydrogens (tertiary/aromatic N) is 2. The van der Waals surface area contributed by atoms with E-state index < -0.39 is 0 Å². The van der Waals surface area contributed by atoms with Crippen LogP contribution in [0, 0.1) is 6.92 Å². The van der Waals surface area contributed by atoms with Crippen LogP contribution in [0.1, 0.15) is 5.56 Å². The number of aromatic amines is 1. The summed E-state index contributed by atoms with van der Waals surface area (Å²) in [4.78, 5) is 23.6. The molecule has 4 rings (SSSR count). The van der Waals surface area contributed by atoms with E-state index in [0.29, 0.717) is 5.75 Å². The van der Waals surface area contributed by atoms with Crippen LogP contribution in [-0.4, -0.2) is 33.9 Å². The van der Waals surface area contributed by atoms with Crippen molar-refractivity contribution < 1.29 is 4.79 Å². The predicted molar refractivity (Wildman–Crippen MR) is 101 cm³/mol. The van der Waals surface area contributed by atoms with Crippen molar-refractivity contribution in [3.05, 3.63) is 48.0 Å². The molecule has 1 amide bonds. The maximum atomic E-state index is 12.7. The normalized spacial score (nSPS) is 14.0. The van der Waals surface area contributed by atoms with Gasteiger partial charge in [0.15, 0.2) is 5.16 Å². The van der Waals surface area contributed by atoms with E-state index in [0.717, 1.165) is 34.2 Å². The molecule has 1 aliphatic heterocycles. The van der Waals surface area contributed by atoms with Gasteiger partial charge in [0.2, 0.25) is 5.91 Å². The average molecular weight is 355 g/mol. The van der Waals surface area contributed by atoms with Gasteiger partial charge in [-0.2, -0.15) is 0 Å². The Kier molecular flexibility index (Phi) is 4.24. The van der Waals surface area contributed by atoms with Gasteiger partial charge < -0.3 is 9.88 Å². The highest BCUT2D eigenvalue weighted by Crippen LogP contribution is 2.34. The quantitative estimate of drug-likeness (QED) is 0.719. The predicted octanol–water partition coefficient (Wildman–Crippen LogP) is 4.10. The Balaban J connectivity index is 1.48. The lowest BCUT2D eigenvalue weighted by Gasteiger charge is -2.28. The summed E-state index contributed by atoms with van der Waals surface area (Å²) in [5, 5.41) is 0.795. The standard InChI is InChI=1S/C18H17N3OS2/c1-12-6-7-13-14(10-12)20-18(19-13)24-11-17(22)21-8-9-23-16-5-3-2-4-15(16)21/h2-7,10H,8-9,11H2,1H3,(H,19,20). The summed E-state index contributed by atoms with van der Waals surface area (Å²) in [5.41, 5.74) is 4.18. The second-order valence-corrected chi connectivity index (χ2v) is 7.81. The second kappa shape index (κ2) is 6.53. The fourth-order valence-electron chi connectivity index (χ4n) is 2.81. The summed E-state index contributed by atoms with van der Waals surface area (Å²) in [7, 11) is 0. The highest BCUT2D eigenvalue weighted by Gasteiger charge is 2.22. The zero-order valence-electron chi connectivity index (χ0n) is 13.3. The lowest BCUT2D eigenvalue weighted by Crippen LogP contribution is -2.36. The number of carbonyl (C=O) groups is 1. The Morgan fingerprint density at radius 2 is 2.21 bits per heavy atom. The number of hydrogen-bond donors (Lipinski definition) is 1. The summed E-state index contributed by atoms with van der Waals surface area (Å²) in [6.45, 7) is 2.82. The molecule has 1 aliphatic rings. The van der Waals surface area contributed by atoms with Gasteiger partial charge >= 0.3 is 0 Å². The molecule has 24 heavy (non-hydrogen) atoms. The number of amides is 1. The number of para-hydroxylation sites is 1. The number of carbonyl (C=O) groups excluding carboxylic acids is 1. The molecule has 4 nitrogen and oxygen atoms in total. The van der Waals surface area contributed by atoms with Crippen molar-refractivity contribution in [2.75, 3.05) is 23.0 Å². The van der Waals surface area contributed by atoms with Crippen LogP contribution in [-0.2, 0) is 4.79 Å². The summed E-state index contributed by atoms with van der Waals surface area (Å²) >= 11 is 3.27. The maximum Gasteiger partial charge on any atom is 0.237 e. The van der Waals surface area contributed by atoms with E-state index in [2.05, 4.69) is 29.0 Å². The van der Waals surface area contributed by atoms with E-state index in [-0.39, 0.29) is 5.91 Å². The van der Waals surface area contributed by atoms with Crippen molar-refractivity contribution in [3.8, 4) is 0 Å². The van der Waals surface area contributed by atoms with Gasteiger partial charge in [-0.15, -0.1) is 11.8 Å². The molecule has 2 heterocycles. The average Bonchev–Trinajstić information content (AvgIpc) is 3.01. The third-order valence-electron chi connectivity index (χ3n) is 3.98. The lowest BCUT2D eigenvalue weighted by atomic mass is 10.2. The number of fused-ring (bicyclic) bond motifs is 2. The highest BCUT2D eigenvalue weighted by molar-refractivity contribution is 8.00. The molecule has 122 valence electrons. The topological polar surface area (TPSA) is 49.0 Å². The maximum absolute atomic E-state index is 12.7. The number of H-pyrrole nitrogens is 1.